The van der Waals surface area contributed by atoms with E-state index in [4.69, 9.17) is 0 Å². The number of aliphatic hydroxyl groups is 2. The molecule has 6 aromatic rings. The van der Waals surface area contributed by atoms with E-state index in [1.807, 2.05) is 13.8 Å². The second kappa shape index (κ2) is 21.0. The number of aromatic nitrogens is 4. The van der Waals surface area contributed by atoms with Crippen LogP contribution in [0.25, 0.3) is 28.1 Å². The van der Waals surface area contributed by atoms with E-state index >= 15 is 0 Å². The number of allylic oxidation sites excluding steroid dienone is 1. The number of hydrogen-bond donors (Lipinski definition) is 6. The molecule has 2 atom stereocenters. The lowest BCUT2D eigenvalue weighted by atomic mass is 10.0. The lowest BCUT2D eigenvalue weighted by Gasteiger charge is -2.18. The Bertz CT molecular complexity index is 2570. The second-order valence-corrected chi connectivity index (χ2v) is 14.7. The number of amides is 2. The first-order valence-electron chi connectivity index (χ1n) is 19.4. The predicted molar refractivity (Wildman–Crippen MR) is 231 cm³/mol. The van der Waals surface area contributed by atoms with Crippen LogP contribution in [0, 0.1) is 23.3 Å². The maximum atomic E-state index is 14.3. The van der Waals surface area contributed by atoms with Gasteiger partial charge < -0.3 is 31.5 Å². The summed E-state index contributed by atoms with van der Waals surface area (Å²) in [5, 5.41) is 30.5. The molecule has 0 radical (unpaired) electrons. The Morgan fingerprint density at radius 2 is 1.06 bits per heavy atom. The highest BCUT2D eigenvalue weighted by Crippen LogP contribution is 2.34. The molecule has 12 nitrogen and oxygen atoms in total. The Morgan fingerprint density at radius 1 is 0.613 bits per heavy atom. The Labute approximate surface area is 356 Å². The van der Waals surface area contributed by atoms with Crippen molar-refractivity contribution < 1.29 is 37.4 Å². The number of nitrogens with zero attached hydrogens (tertiary/aromatic N) is 4. The maximum absolute atomic E-state index is 14.3. The summed E-state index contributed by atoms with van der Waals surface area (Å²) in [6.45, 7) is 13.0. The third kappa shape index (κ3) is 12.0. The van der Waals surface area contributed by atoms with Gasteiger partial charge in [-0.1, -0.05) is 20.4 Å². The smallest absolute Gasteiger partial charge is 0.255 e. The molecule has 62 heavy (non-hydrogen) atoms. The zero-order valence-electron chi connectivity index (χ0n) is 34.6. The highest BCUT2D eigenvalue weighted by Gasteiger charge is 2.19. The van der Waals surface area contributed by atoms with Crippen molar-refractivity contribution in [2.45, 2.75) is 52.7 Å². The molecule has 2 aromatic carbocycles. The molecule has 0 unspecified atom stereocenters. The maximum Gasteiger partial charge on any atom is 0.255 e. The molecule has 6 rings (SSSR count). The fourth-order valence-electron chi connectivity index (χ4n) is 5.95. The number of halogens is 4. The molecular weight excluding hydrogens is 805 g/mol. The van der Waals surface area contributed by atoms with Gasteiger partial charge in [-0.2, -0.15) is 0 Å². The highest BCUT2D eigenvalue weighted by molar-refractivity contribution is 6.01. The molecule has 16 heteroatoms. The van der Waals surface area contributed by atoms with E-state index in [1.54, 1.807) is 51.2 Å². The van der Waals surface area contributed by atoms with E-state index in [1.165, 1.54) is 31.0 Å². The van der Waals surface area contributed by atoms with E-state index in [9.17, 15) is 37.4 Å². The molecule has 0 aliphatic rings. The van der Waals surface area contributed by atoms with Gasteiger partial charge >= 0.3 is 0 Å². The molecule has 4 aromatic heterocycles. The minimum absolute atomic E-state index is 0.0148. The van der Waals surface area contributed by atoms with Gasteiger partial charge in [-0.25, -0.2) is 17.6 Å². The van der Waals surface area contributed by atoms with E-state index in [2.05, 4.69) is 47.8 Å². The summed E-state index contributed by atoms with van der Waals surface area (Å²) in [4.78, 5) is 41.6. The number of nitrogens with one attached hydrogen (secondary N) is 4. The topological polar surface area (TPSA) is 174 Å². The van der Waals surface area contributed by atoms with Crippen molar-refractivity contribution in [2.75, 3.05) is 23.7 Å². The van der Waals surface area contributed by atoms with Crippen molar-refractivity contribution in [3.8, 4) is 22.5 Å². The van der Waals surface area contributed by atoms with E-state index in [0.717, 1.165) is 42.0 Å². The van der Waals surface area contributed by atoms with E-state index < -0.39 is 47.3 Å². The van der Waals surface area contributed by atoms with Crippen LogP contribution in [0.2, 0.25) is 0 Å². The van der Waals surface area contributed by atoms with E-state index in [-0.39, 0.29) is 52.6 Å². The van der Waals surface area contributed by atoms with Crippen LogP contribution >= 0.6 is 0 Å². The molecule has 322 valence electrons. The highest BCUT2D eigenvalue weighted by atomic mass is 19.1. The van der Waals surface area contributed by atoms with Crippen LogP contribution < -0.4 is 21.3 Å². The summed E-state index contributed by atoms with van der Waals surface area (Å²) in [6, 6.07) is 12.8. The normalized spacial score (nSPS) is 11.8. The summed E-state index contributed by atoms with van der Waals surface area (Å²) in [5.74, 6) is -3.07. The summed E-state index contributed by atoms with van der Waals surface area (Å²) in [5.41, 5.74) is 5.31. The number of pyridine rings is 4. The predicted octanol–water partition coefficient (Wildman–Crippen LogP) is 8.71. The van der Waals surface area contributed by atoms with Gasteiger partial charge in [0.2, 0.25) is 0 Å². The van der Waals surface area contributed by atoms with Gasteiger partial charge in [0, 0.05) is 78.3 Å². The molecule has 0 bridgehead atoms. The average Bonchev–Trinajstić information content (AvgIpc) is 3.24. The van der Waals surface area contributed by atoms with Gasteiger partial charge in [0.25, 0.3) is 11.8 Å². The first-order valence-corrected chi connectivity index (χ1v) is 19.4. The van der Waals surface area contributed by atoms with Crippen molar-refractivity contribution in [3.05, 3.63) is 150 Å². The molecule has 2 amide bonds. The van der Waals surface area contributed by atoms with Crippen molar-refractivity contribution in [1.82, 2.24) is 30.6 Å². The summed E-state index contributed by atoms with van der Waals surface area (Å²) >= 11 is 0. The van der Waals surface area contributed by atoms with Crippen LogP contribution in [0.15, 0.2) is 104 Å². The summed E-state index contributed by atoms with van der Waals surface area (Å²) in [7, 11) is 0. The third-order valence-electron chi connectivity index (χ3n) is 9.12. The number of aliphatic hydroxyl groups excluding tert-OH is 2. The van der Waals surface area contributed by atoms with Gasteiger partial charge in [-0.15, -0.1) is 0 Å². The quantitative estimate of drug-likeness (QED) is 0.0582. The molecule has 0 saturated carbocycles. The Balaban J connectivity index is 0.000000234. The van der Waals surface area contributed by atoms with Gasteiger partial charge in [-0.3, -0.25) is 29.5 Å². The molecule has 6 N–H and O–H groups in total. The first kappa shape index (κ1) is 46.0. The first-order chi connectivity index (χ1) is 29.5. The van der Waals surface area contributed by atoms with Crippen molar-refractivity contribution in [2.24, 2.45) is 0 Å². The SMILES string of the molecule is C=C(C)c1cnc(-c2cc(F)ccc2F)cc1Nc1ccncc1C(=O)NC[C@H](C)O.CC(C)c1cnc(-c2cc(F)ccc2F)cc1Nc1ccncc1C(=O)NC[C@H](C)O. The molecule has 0 fully saturated rings. The number of rotatable bonds is 14. The van der Waals surface area contributed by atoms with Gasteiger partial charge in [0.05, 0.1) is 46.1 Å². The van der Waals surface area contributed by atoms with Crippen LogP contribution in [0.3, 0.4) is 0 Å². The molecule has 0 aliphatic heterocycles. The Morgan fingerprint density at radius 3 is 1.52 bits per heavy atom. The molecule has 0 spiro atoms. The van der Waals surface area contributed by atoms with Crippen molar-refractivity contribution in [1.29, 1.82) is 0 Å². The number of carbonyl (C=O) groups excluding carboxylic acids is 2. The third-order valence-corrected chi connectivity index (χ3v) is 9.12. The lowest BCUT2D eigenvalue weighted by Crippen LogP contribution is -2.31. The average molecular weight is 851 g/mol. The van der Waals surface area contributed by atoms with Crippen LogP contribution in [0.5, 0.6) is 0 Å². The molecule has 4 heterocycles. The number of hydrogen-bond acceptors (Lipinski definition) is 10. The largest absolute Gasteiger partial charge is 0.392 e. The van der Waals surface area contributed by atoms with Crippen LogP contribution in [-0.2, 0) is 0 Å². The minimum Gasteiger partial charge on any atom is -0.392 e. The fraction of sp³-hybridized carbons (Fsp3) is 0.217. The second-order valence-electron chi connectivity index (χ2n) is 14.7. The standard InChI is InChI=1S/C23H24F2N4O2.C23H22F2N4O2/c2*1-13(2)17-12-27-21(16-8-15(24)4-5-19(16)25)9-22(17)29-20-6-7-26-11-18(20)23(31)28-10-14(3)30/h4-9,11-14,30H,10H2,1-3H3,(H,28,31)(H,26,27,29);4-9,11-12,14,30H,1,10H2,2-3H3,(H,28,31)(H,26,27,29)/t2*14-/m00/s1. The van der Waals surface area contributed by atoms with E-state index in [0.29, 0.717) is 33.9 Å². The Hall–Kier alpha value is -7.04. The number of anilines is 4. The summed E-state index contributed by atoms with van der Waals surface area (Å²) in [6.07, 6.45) is 7.61. The Kier molecular flexibility index (Phi) is 15.6. The number of carbonyl (C=O) groups is 2. The zero-order chi connectivity index (χ0) is 45.1. The van der Waals surface area contributed by atoms with Crippen LogP contribution in [0.1, 0.15) is 72.4 Å². The molecular formula is C46H46F4N8O4. The monoisotopic (exact) mass is 850 g/mol. The minimum atomic E-state index is -0.698. The zero-order valence-corrected chi connectivity index (χ0v) is 34.6. The molecule has 0 saturated heterocycles. The van der Waals surface area contributed by atoms with Crippen LogP contribution in [0.4, 0.5) is 40.3 Å². The van der Waals surface area contributed by atoms with Crippen molar-refractivity contribution in [3.63, 3.8) is 0 Å². The van der Waals surface area contributed by atoms with Crippen LogP contribution in [-0.4, -0.2) is 67.3 Å². The summed E-state index contributed by atoms with van der Waals surface area (Å²) < 4.78 is 55.9. The van der Waals surface area contributed by atoms with Crippen molar-refractivity contribution >= 4 is 40.1 Å². The number of benzene rings is 2. The van der Waals surface area contributed by atoms with Gasteiger partial charge in [-0.05, 0) is 98.5 Å². The molecule has 0 aliphatic carbocycles. The van der Waals surface area contributed by atoms with Gasteiger partial charge in [0.1, 0.15) is 23.3 Å². The van der Waals surface area contributed by atoms with Gasteiger partial charge in [0.15, 0.2) is 0 Å². The lowest BCUT2D eigenvalue weighted by molar-refractivity contribution is 0.0918. The fourth-order valence-corrected chi connectivity index (χ4v) is 5.95.